The van der Waals surface area contributed by atoms with Crippen molar-refractivity contribution < 1.29 is 94.3 Å². The van der Waals surface area contributed by atoms with Crippen molar-refractivity contribution in [1.29, 1.82) is 0 Å². The zero-order chi connectivity index (χ0) is 58.9. The molecule has 0 saturated carbocycles. The van der Waals surface area contributed by atoms with Gasteiger partial charge in [0.05, 0.1) is 79.3 Å². The van der Waals surface area contributed by atoms with Crippen molar-refractivity contribution in [1.82, 2.24) is 37.3 Å². The van der Waals surface area contributed by atoms with Gasteiger partial charge in [-0.1, -0.05) is 64.2 Å². The standard InChI is InChI=1S/C51H93IN8O20/c52-80-51(71)42(59-44(62)16-11-9-7-5-3-1-2-4-6-8-10-12-17-49(67)68)18-19-43(61)55-21-25-72-29-34-77-38-46(64)57-23-27-74-31-36-79-40-48(66)58-24-28-75-32-35-78-39-47(65)56-22-26-73-30-33-76-37-45(63)54-20-14-13-15-41(60-53)50(69)70/h41-42,60H,1-40,53H2,(H,54,63)(H,55,61)(H,56,65)(H,57,64)(H,58,66)(H,59,62)(H,67,68)(H,69,70)/t41-,42-/m0/s1. The van der Waals surface area contributed by atoms with Crippen LogP contribution in [0.4, 0.5) is 0 Å². The number of aliphatic carboxylic acids is 2. The minimum absolute atomic E-state index is 0.00283. The quantitative estimate of drug-likeness (QED) is 0.0171. The van der Waals surface area contributed by atoms with E-state index in [9.17, 15) is 43.2 Å². The number of amides is 6. The fourth-order valence-corrected chi connectivity index (χ4v) is 7.34. The number of nitrogens with two attached hydrogens (primary N) is 1. The molecule has 29 heteroatoms. The van der Waals surface area contributed by atoms with Gasteiger partial charge in [-0.05, 0) is 38.5 Å². The number of hydrazine groups is 1. The van der Waals surface area contributed by atoms with Crippen LogP contribution < -0.4 is 43.2 Å². The summed E-state index contributed by atoms with van der Waals surface area (Å²) >= 11 is 1.46. The lowest BCUT2D eigenvalue weighted by molar-refractivity contribution is -0.140. The summed E-state index contributed by atoms with van der Waals surface area (Å²) < 4.78 is 47.5. The molecule has 0 bridgehead atoms. The van der Waals surface area contributed by atoms with Crippen molar-refractivity contribution in [2.75, 3.05) is 138 Å². The third kappa shape index (κ3) is 52.9. The molecule has 0 aliphatic rings. The largest absolute Gasteiger partial charge is 0.481 e. The lowest BCUT2D eigenvalue weighted by Gasteiger charge is -2.16. The Hall–Kier alpha value is -4.44. The molecule has 80 heavy (non-hydrogen) atoms. The van der Waals surface area contributed by atoms with Gasteiger partial charge in [-0.15, -0.1) is 0 Å². The van der Waals surface area contributed by atoms with Crippen molar-refractivity contribution >= 4 is 76.4 Å². The summed E-state index contributed by atoms with van der Waals surface area (Å²) in [5.74, 6) is 0.917. The SMILES string of the molecule is NN[C@@H](CCCCNC(=O)COCCOCCNC(=O)COCCOCCNC(=O)COCCOCCNC(=O)COCCOCCNC(=O)CC[C@H](NC(=O)CCCCCCCCCCCCCCC(=O)O)C(=O)OI)C(=O)O. The summed E-state index contributed by atoms with van der Waals surface area (Å²) in [5.41, 5.74) is 2.22. The highest BCUT2D eigenvalue weighted by Crippen LogP contribution is 2.13. The number of rotatable bonds is 59. The maximum atomic E-state index is 12.5. The van der Waals surface area contributed by atoms with Gasteiger partial charge in [-0.2, -0.15) is 0 Å². The van der Waals surface area contributed by atoms with Gasteiger partial charge in [-0.3, -0.25) is 44.2 Å². The molecule has 0 aromatic rings. The molecule has 0 spiro atoms. The molecule has 0 rings (SSSR count). The molecule has 0 aromatic carbocycles. The average Bonchev–Trinajstić information content (AvgIpc) is 3.43. The predicted molar refractivity (Wildman–Crippen MR) is 298 cm³/mol. The van der Waals surface area contributed by atoms with E-state index in [0.29, 0.717) is 32.2 Å². The van der Waals surface area contributed by atoms with Crippen LogP contribution in [0.3, 0.4) is 0 Å². The lowest BCUT2D eigenvalue weighted by atomic mass is 10.0. The van der Waals surface area contributed by atoms with Gasteiger partial charge in [0, 0.05) is 52.0 Å². The number of hydrogen-bond donors (Lipinski definition) is 10. The second kappa shape index (κ2) is 56.4. The highest BCUT2D eigenvalue weighted by atomic mass is 127. The first-order valence-corrected chi connectivity index (χ1v) is 28.6. The molecule has 2 atom stereocenters. The maximum absolute atomic E-state index is 12.5. The number of hydrogen-bond acceptors (Lipinski definition) is 20. The van der Waals surface area contributed by atoms with Crippen molar-refractivity contribution in [2.24, 2.45) is 5.84 Å². The van der Waals surface area contributed by atoms with Crippen molar-refractivity contribution in [2.45, 2.75) is 134 Å². The minimum atomic E-state index is -1.03. The number of carboxylic acids is 2. The number of halogens is 1. The van der Waals surface area contributed by atoms with Crippen LogP contribution in [0.2, 0.25) is 0 Å². The van der Waals surface area contributed by atoms with Crippen LogP contribution in [0.25, 0.3) is 0 Å². The topological polar surface area (TPSA) is 387 Å². The zero-order valence-electron chi connectivity index (χ0n) is 46.6. The zero-order valence-corrected chi connectivity index (χ0v) is 48.8. The minimum Gasteiger partial charge on any atom is -0.481 e. The molecular formula is C51H93IN8O20. The number of nitrogens with one attached hydrogen (secondary N) is 7. The van der Waals surface area contributed by atoms with E-state index in [-0.39, 0.29) is 193 Å². The molecule has 28 nitrogen and oxygen atoms in total. The third-order valence-electron chi connectivity index (χ3n) is 11.3. The number of carbonyl (C=O) groups excluding carboxylic acids is 7. The second-order valence-corrected chi connectivity index (χ2v) is 18.6. The van der Waals surface area contributed by atoms with Crippen LogP contribution in [-0.2, 0) is 84.1 Å². The summed E-state index contributed by atoms with van der Waals surface area (Å²) in [6, 6.07) is -1.76. The van der Waals surface area contributed by atoms with E-state index in [1.165, 1.54) is 42.3 Å². The molecule has 0 aromatic heterocycles. The summed E-state index contributed by atoms with van der Waals surface area (Å²) in [6.45, 7) is 3.14. The van der Waals surface area contributed by atoms with Crippen LogP contribution in [0.1, 0.15) is 122 Å². The molecular weight excluding hydrogens is 1170 g/mol. The summed E-state index contributed by atoms with van der Waals surface area (Å²) in [7, 11) is 0. The van der Waals surface area contributed by atoms with Crippen molar-refractivity contribution in [3.63, 3.8) is 0 Å². The van der Waals surface area contributed by atoms with Crippen LogP contribution in [-0.4, -0.2) is 214 Å². The Bertz CT molecular complexity index is 1660. The Kier molecular flexibility index (Phi) is 53.3. The monoisotopic (exact) mass is 1260 g/mol. The number of carbonyl (C=O) groups is 9. The fourth-order valence-electron chi connectivity index (χ4n) is 7.04. The Morgan fingerprint density at radius 2 is 0.713 bits per heavy atom. The number of carboxylic acid groups (broad SMARTS) is 2. The molecule has 0 saturated heterocycles. The molecule has 0 aliphatic carbocycles. The highest BCUT2D eigenvalue weighted by Gasteiger charge is 2.23. The first-order chi connectivity index (χ1) is 38.8. The van der Waals surface area contributed by atoms with Crippen LogP contribution >= 0.6 is 23.0 Å². The molecule has 11 N–H and O–H groups in total. The lowest BCUT2D eigenvalue weighted by Crippen LogP contribution is -2.42. The molecule has 464 valence electrons. The van der Waals surface area contributed by atoms with E-state index >= 15 is 0 Å². The summed E-state index contributed by atoms with van der Waals surface area (Å²) in [4.78, 5) is 106. The van der Waals surface area contributed by atoms with Gasteiger partial charge in [0.1, 0.15) is 38.5 Å². The Morgan fingerprint density at radius 1 is 0.362 bits per heavy atom. The maximum Gasteiger partial charge on any atom is 0.338 e. The highest BCUT2D eigenvalue weighted by molar-refractivity contribution is 14.1. The smallest absolute Gasteiger partial charge is 0.338 e. The molecule has 0 unspecified atom stereocenters. The third-order valence-corrected chi connectivity index (χ3v) is 11.8. The van der Waals surface area contributed by atoms with Gasteiger partial charge in [0.25, 0.3) is 0 Å². The van der Waals surface area contributed by atoms with Crippen molar-refractivity contribution in [3.05, 3.63) is 0 Å². The van der Waals surface area contributed by atoms with E-state index in [0.717, 1.165) is 51.4 Å². The van der Waals surface area contributed by atoms with E-state index in [4.69, 9.17) is 57.0 Å². The van der Waals surface area contributed by atoms with Gasteiger partial charge in [-0.25, -0.2) is 10.2 Å². The Labute approximate surface area is 484 Å². The molecule has 0 heterocycles. The summed E-state index contributed by atoms with van der Waals surface area (Å²) in [6.07, 6.45) is 14.5. The Morgan fingerprint density at radius 3 is 1.07 bits per heavy atom. The number of ether oxygens (including phenoxy) is 8. The molecule has 0 fully saturated rings. The van der Waals surface area contributed by atoms with Crippen LogP contribution in [0.5, 0.6) is 0 Å². The van der Waals surface area contributed by atoms with Crippen molar-refractivity contribution in [3.8, 4) is 0 Å². The number of unbranched alkanes of at least 4 members (excludes halogenated alkanes) is 12. The van der Waals surface area contributed by atoms with E-state index in [1.54, 1.807) is 0 Å². The predicted octanol–water partition coefficient (Wildman–Crippen LogP) is 0.491. The van der Waals surface area contributed by atoms with E-state index in [1.807, 2.05) is 0 Å². The fraction of sp³-hybridized carbons (Fsp3) is 0.824. The Balaban J connectivity index is 3.62. The van der Waals surface area contributed by atoms with E-state index < -0.39 is 30.0 Å². The average molecular weight is 1270 g/mol. The van der Waals surface area contributed by atoms with Gasteiger partial charge < -0.3 is 83.1 Å². The first-order valence-electron chi connectivity index (χ1n) is 27.8. The second-order valence-electron chi connectivity index (χ2n) is 18.2. The normalized spacial score (nSPS) is 11.8. The van der Waals surface area contributed by atoms with Gasteiger partial charge in [0.2, 0.25) is 35.4 Å². The van der Waals surface area contributed by atoms with E-state index in [2.05, 4.69) is 37.3 Å². The summed E-state index contributed by atoms with van der Waals surface area (Å²) in [5, 5.41) is 33.6. The van der Waals surface area contributed by atoms with Crippen LogP contribution in [0, 0.1) is 0 Å². The van der Waals surface area contributed by atoms with Gasteiger partial charge >= 0.3 is 17.9 Å². The van der Waals surface area contributed by atoms with Gasteiger partial charge in [0.15, 0.2) is 23.0 Å². The molecule has 6 amide bonds. The first kappa shape index (κ1) is 75.6. The van der Waals surface area contributed by atoms with Crippen LogP contribution in [0.15, 0.2) is 0 Å². The molecule has 0 radical (unpaired) electrons. The molecule has 0 aliphatic heterocycles.